The van der Waals surface area contributed by atoms with Gasteiger partial charge >= 0.3 is 0 Å². The summed E-state index contributed by atoms with van der Waals surface area (Å²) in [7, 11) is -1.29. The Bertz CT molecular complexity index is 867. The number of pyridine rings is 1. The van der Waals surface area contributed by atoms with Gasteiger partial charge in [0.1, 0.15) is 17.3 Å². The number of nitrogens with zero attached hydrogens (tertiary/aromatic N) is 4. The van der Waals surface area contributed by atoms with Gasteiger partial charge in [0.05, 0.1) is 22.1 Å². The number of fused-ring (bicyclic) bond motifs is 3. The van der Waals surface area contributed by atoms with Crippen LogP contribution in [0.5, 0.6) is 0 Å². The fourth-order valence-corrected chi connectivity index (χ4v) is 4.70. The van der Waals surface area contributed by atoms with Crippen LogP contribution in [0.1, 0.15) is 30.9 Å². The summed E-state index contributed by atoms with van der Waals surface area (Å²) in [5, 5.41) is 9.92. The molecule has 0 radical (unpaired) electrons. The van der Waals surface area contributed by atoms with Crippen molar-refractivity contribution in [3.63, 3.8) is 0 Å². The number of hydrogen-bond acceptors (Lipinski definition) is 5. The Hall–Kier alpha value is -2.07. The Morgan fingerprint density at radius 2 is 2.30 bits per heavy atom. The quantitative estimate of drug-likeness (QED) is 0.671. The molecule has 100 valence electrons. The molecule has 1 saturated carbocycles. The molecule has 3 heterocycles. The molecule has 0 amide bonds. The van der Waals surface area contributed by atoms with Crippen molar-refractivity contribution in [2.75, 3.05) is 0 Å². The molecule has 0 spiro atoms. The Balaban J connectivity index is 2.18. The molecule has 1 aliphatic heterocycles. The third kappa shape index (κ3) is 1.37. The second kappa shape index (κ2) is 3.96. The lowest BCUT2D eigenvalue weighted by Gasteiger charge is -2.18. The van der Waals surface area contributed by atoms with Crippen molar-refractivity contribution in [1.82, 2.24) is 14.5 Å². The molecule has 2 aromatic heterocycles. The number of aromatic nitrogens is 3. The zero-order valence-corrected chi connectivity index (χ0v) is 11.3. The van der Waals surface area contributed by atoms with Crippen molar-refractivity contribution in [2.24, 2.45) is 0 Å². The lowest BCUT2D eigenvalue weighted by Crippen LogP contribution is -2.31. The minimum absolute atomic E-state index is 0.0900. The van der Waals surface area contributed by atoms with E-state index in [1.54, 1.807) is 10.8 Å². The van der Waals surface area contributed by atoms with Crippen LogP contribution < -0.4 is 5.56 Å². The third-order valence-electron chi connectivity index (χ3n) is 4.08. The van der Waals surface area contributed by atoms with Crippen LogP contribution >= 0.6 is 0 Å². The maximum absolute atomic E-state index is 12.5. The molecule has 2 bridgehead atoms. The van der Waals surface area contributed by atoms with Crippen LogP contribution in [0, 0.1) is 11.3 Å². The first kappa shape index (κ1) is 11.7. The van der Waals surface area contributed by atoms with E-state index in [0.717, 1.165) is 19.3 Å². The van der Waals surface area contributed by atoms with Crippen LogP contribution in [0.25, 0.3) is 11.0 Å². The highest BCUT2D eigenvalue weighted by atomic mass is 32.2. The van der Waals surface area contributed by atoms with Crippen molar-refractivity contribution >= 4 is 21.8 Å². The summed E-state index contributed by atoms with van der Waals surface area (Å²) >= 11 is 0. The molecule has 4 rings (SSSR count). The molecule has 3 unspecified atom stereocenters. The fraction of sp³-hybridized carbons (Fsp3) is 0.385. The van der Waals surface area contributed by atoms with E-state index in [9.17, 15) is 9.00 Å². The normalized spacial score (nSPS) is 27.2. The van der Waals surface area contributed by atoms with E-state index in [1.807, 2.05) is 6.07 Å². The molecule has 20 heavy (non-hydrogen) atoms. The predicted molar refractivity (Wildman–Crippen MR) is 71.6 cm³/mol. The van der Waals surface area contributed by atoms with Crippen molar-refractivity contribution in [1.29, 1.82) is 5.26 Å². The standard InChI is InChI=1S/C13H10N4O2S/c14-5-7-4-8-6-15-13-16-11(8)17(12(7)18)9-2-1-3-10(9)20(13)19/h4,6,9-10H,1-3H2. The Morgan fingerprint density at radius 3 is 3.10 bits per heavy atom. The van der Waals surface area contributed by atoms with Gasteiger partial charge < -0.3 is 0 Å². The molecule has 6 nitrogen and oxygen atoms in total. The van der Waals surface area contributed by atoms with Crippen LogP contribution in [0.15, 0.2) is 22.2 Å². The van der Waals surface area contributed by atoms with Gasteiger partial charge in [-0.25, -0.2) is 9.97 Å². The zero-order valence-electron chi connectivity index (χ0n) is 10.4. The van der Waals surface area contributed by atoms with Crippen LogP contribution in [0.2, 0.25) is 0 Å². The second-order valence-corrected chi connectivity index (χ2v) is 6.68. The summed E-state index contributed by atoms with van der Waals surface area (Å²) < 4.78 is 14.1. The van der Waals surface area contributed by atoms with E-state index in [0.29, 0.717) is 16.2 Å². The van der Waals surface area contributed by atoms with Gasteiger partial charge in [0.2, 0.25) is 5.16 Å². The first-order chi connectivity index (χ1) is 9.70. The Kier molecular flexibility index (Phi) is 2.32. The van der Waals surface area contributed by atoms with E-state index < -0.39 is 10.8 Å². The lowest BCUT2D eigenvalue weighted by molar-refractivity contribution is 0.519. The molecule has 0 aromatic carbocycles. The van der Waals surface area contributed by atoms with Crippen molar-refractivity contribution < 1.29 is 4.21 Å². The lowest BCUT2D eigenvalue weighted by atomic mass is 10.2. The van der Waals surface area contributed by atoms with Gasteiger partial charge in [0, 0.05) is 11.6 Å². The van der Waals surface area contributed by atoms with Crippen molar-refractivity contribution in [3.8, 4) is 6.07 Å². The average Bonchev–Trinajstić information content (AvgIpc) is 2.91. The molecule has 0 N–H and O–H groups in total. The van der Waals surface area contributed by atoms with Crippen LogP contribution in [-0.2, 0) is 10.8 Å². The first-order valence-electron chi connectivity index (χ1n) is 6.43. The number of rotatable bonds is 0. The van der Waals surface area contributed by atoms with Crippen molar-refractivity contribution in [3.05, 3.63) is 28.2 Å². The largest absolute Gasteiger partial charge is 0.287 e. The minimum atomic E-state index is -1.29. The molecular formula is C13H10N4O2S. The first-order valence-corrected chi connectivity index (χ1v) is 7.65. The average molecular weight is 286 g/mol. The van der Waals surface area contributed by atoms with Gasteiger partial charge in [-0.1, -0.05) is 6.42 Å². The van der Waals surface area contributed by atoms with E-state index in [-0.39, 0.29) is 22.4 Å². The van der Waals surface area contributed by atoms with Crippen LogP contribution in [0.3, 0.4) is 0 Å². The smallest absolute Gasteiger partial charge is 0.270 e. The fourth-order valence-electron chi connectivity index (χ4n) is 3.18. The monoisotopic (exact) mass is 286 g/mol. The molecule has 1 aliphatic carbocycles. The number of nitriles is 1. The maximum atomic E-state index is 12.5. The SMILES string of the molecule is N#Cc1cc2cnc3nc2n(c1=O)C1CCCC1S3=O. The van der Waals surface area contributed by atoms with E-state index >= 15 is 0 Å². The predicted octanol–water partition coefficient (Wildman–Crippen LogP) is 0.878. The second-order valence-electron chi connectivity index (χ2n) is 5.11. The van der Waals surface area contributed by atoms with Gasteiger partial charge in [-0.15, -0.1) is 0 Å². The van der Waals surface area contributed by atoms with Crippen molar-refractivity contribution in [2.45, 2.75) is 35.7 Å². The van der Waals surface area contributed by atoms with Gasteiger partial charge in [0.25, 0.3) is 5.56 Å². The number of hydrogen-bond donors (Lipinski definition) is 0. The summed E-state index contributed by atoms with van der Waals surface area (Å²) in [6, 6.07) is 3.29. The molecule has 3 atom stereocenters. The summed E-state index contributed by atoms with van der Waals surface area (Å²) in [4.78, 5) is 20.9. The van der Waals surface area contributed by atoms with Gasteiger partial charge in [-0.2, -0.15) is 5.26 Å². The highest BCUT2D eigenvalue weighted by Crippen LogP contribution is 2.37. The van der Waals surface area contributed by atoms with E-state index in [1.165, 1.54) is 6.07 Å². The summed E-state index contributed by atoms with van der Waals surface area (Å²) in [5.74, 6) is 0. The molecular weight excluding hydrogens is 276 g/mol. The summed E-state index contributed by atoms with van der Waals surface area (Å²) in [6.07, 6.45) is 4.06. The minimum Gasteiger partial charge on any atom is -0.287 e. The molecule has 0 saturated heterocycles. The van der Waals surface area contributed by atoms with Gasteiger partial charge in [-0.05, 0) is 18.9 Å². The molecule has 2 aromatic rings. The third-order valence-corrected chi connectivity index (χ3v) is 5.73. The van der Waals surface area contributed by atoms with Crippen LogP contribution in [-0.4, -0.2) is 24.0 Å². The van der Waals surface area contributed by atoms with Gasteiger partial charge in [0.15, 0.2) is 0 Å². The Labute approximate surface area is 116 Å². The Morgan fingerprint density at radius 1 is 1.45 bits per heavy atom. The van der Waals surface area contributed by atoms with Gasteiger partial charge in [-0.3, -0.25) is 13.6 Å². The van der Waals surface area contributed by atoms with E-state index in [2.05, 4.69) is 9.97 Å². The zero-order chi connectivity index (χ0) is 13.9. The molecule has 2 aliphatic rings. The highest BCUT2D eigenvalue weighted by Gasteiger charge is 2.39. The molecule has 7 heteroatoms. The maximum Gasteiger partial charge on any atom is 0.270 e. The van der Waals surface area contributed by atoms with Crippen LogP contribution in [0.4, 0.5) is 0 Å². The topological polar surface area (TPSA) is 88.6 Å². The van der Waals surface area contributed by atoms with E-state index in [4.69, 9.17) is 5.26 Å². The highest BCUT2D eigenvalue weighted by molar-refractivity contribution is 7.85. The molecule has 1 fully saturated rings. The summed E-state index contributed by atoms with van der Waals surface area (Å²) in [6.45, 7) is 0. The summed E-state index contributed by atoms with van der Waals surface area (Å²) in [5.41, 5.74) is 0.259.